The molecule has 3 heterocycles. The number of halogens is 3. The number of nitrogens with zero attached hydrogens (tertiary/aromatic N) is 2. The van der Waals surface area contributed by atoms with Crippen molar-refractivity contribution >= 4 is 29.3 Å². The zero-order valence-electron chi connectivity index (χ0n) is 26.5. The molecule has 5 rings (SSSR count). The maximum atomic E-state index is 14.4. The van der Waals surface area contributed by atoms with Gasteiger partial charge in [-0.25, -0.2) is 13.2 Å². The van der Waals surface area contributed by atoms with Crippen molar-refractivity contribution in [3.63, 3.8) is 0 Å². The minimum absolute atomic E-state index is 0.0359. The van der Waals surface area contributed by atoms with E-state index in [1.165, 1.54) is 12.1 Å². The second-order valence-electron chi connectivity index (χ2n) is 12.8. The third kappa shape index (κ3) is 7.56. The van der Waals surface area contributed by atoms with E-state index in [9.17, 15) is 32.4 Å². The minimum Gasteiger partial charge on any atom is -0.593 e. The lowest BCUT2D eigenvalue weighted by Gasteiger charge is -2.52. The summed E-state index contributed by atoms with van der Waals surface area (Å²) in [6, 6.07) is 7.71. The number of aryl methyl sites for hydroxylation is 2. The number of benzene rings is 2. The topological polar surface area (TPSA) is 105 Å². The zero-order valence-corrected chi connectivity index (χ0v) is 27.3. The number of hydrogen-bond donors (Lipinski definition) is 2. The number of carbonyl (C=O) groups excluding carboxylic acids is 2. The van der Waals surface area contributed by atoms with Crippen LogP contribution in [0.15, 0.2) is 35.7 Å². The highest BCUT2D eigenvalue weighted by Gasteiger charge is 2.57. The number of carbonyl (C=O) groups is 2. The number of piperidine rings is 2. The molecule has 1 spiro atoms. The number of amides is 2. The lowest BCUT2D eigenvalue weighted by Crippen LogP contribution is -2.64. The summed E-state index contributed by atoms with van der Waals surface area (Å²) >= 11 is -1.44. The van der Waals surface area contributed by atoms with Crippen LogP contribution in [0.2, 0.25) is 0 Å². The Kier molecular flexibility index (Phi) is 10.4. The standard InChI is InChI=1S/C34H42F3N3O5S/c1-22-19-25(31(42)39-13-7-26(41)8-14-39)20-23(2)27(22)9-18-46(44)40-15-11-34(12-16-40)30(38-32(34)43)24-5-6-28(35)29(21-24)45-17-4-10-33(3,36)37/h5-6,9,18-21,26,30,41H,4,7-8,10-17H2,1-3H3,(H,38,43)/b18-9+. The lowest BCUT2D eigenvalue weighted by atomic mass is 9.64. The summed E-state index contributed by atoms with van der Waals surface area (Å²) in [6.45, 7) is 6.53. The molecule has 250 valence electrons. The first-order chi connectivity index (χ1) is 21.8. The Balaban J connectivity index is 1.19. The number of aliphatic hydroxyl groups is 1. The predicted molar refractivity (Wildman–Crippen MR) is 170 cm³/mol. The summed E-state index contributed by atoms with van der Waals surface area (Å²) in [7, 11) is 0. The van der Waals surface area contributed by atoms with Crippen LogP contribution in [0.3, 0.4) is 0 Å². The van der Waals surface area contributed by atoms with E-state index in [1.54, 1.807) is 16.4 Å². The number of likely N-dealkylation sites (tertiary alicyclic amines) is 1. The van der Waals surface area contributed by atoms with Crippen molar-refractivity contribution in [1.29, 1.82) is 0 Å². The highest BCUT2D eigenvalue weighted by Crippen LogP contribution is 2.50. The summed E-state index contributed by atoms with van der Waals surface area (Å²) < 4.78 is 61.2. The van der Waals surface area contributed by atoms with Gasteiger partial charge in [0.05, 0.1) is 35.5 Å². The third-order valence-corrected chi connectivity index (χ3v) is 10.6. The highest BCUT2D eigenvalue weighted by atomic mass is 32.2. The first kappa shape index (κ1) is 34.3. The van der Waals surface area contributed by atoms with Crippen molar-refractivity contribution in [1.82, 2.24) is 14.5 Å². The summed E-state index contributed by atoms with van der Waals surface area (Å²) in [5, 5.41) is 14.3. The number of hydrogen-bond acceptors (Lipinski definition) is 6. The molecular formula is C34H42F3N3O5S. The molecule has 3 fully saturated rings. The van der Waals surface area contributed by atoms with E-state index in [0.717, 1.165) is 23.6 Å². The number of alkyl halides is 2. The van der Waals surface area contributed by atoms with Gasteiger partial charge >= 0.3 is 0 Å². The lowest BCUT2D eigenvalue weighted by molar-refractivity contribution is -0.150. The quantitative estimate of drug-likeness (QED) is 0.200. The van der Waals surface area contributed by atoms with E-state index < -0.39 is 28.5 Å². The molecule has 2 aromatic rings. The van der Waals surface area contributed by atoms with Crippen molar-refractivity contribution in [3.8, 4) is 5.75 Å². The monoisotopic (exact) mass is 661 g/mol. The van der Waals surface area contributed by atoms with Crippen LogP contribution < -0.4 is 10.1 Å². The fourth-order valence-corrected chi connectivity index (χ4v) is 7.62. The molecule has 2 N–H and O–H groups in total. The number of rotatable bonds is 10. The van der Waals surface area contributed by atoms with Crippen molar-refractivity contribution in [2.24, 2.45) is 5.41 Å². The molecule has 0 saturated carbocycles. The normalized spacial score (nSPS) is 21.3. The van der Waals surface area contributed by atoms with Crippen LogP contribution in [0.1, 0.15) is 84.1 Å². The molecule has 2 amide bonds. The van der Waals surface area contributed by atoms with Gasteiger partial charge in [-0.05, 0) is 105 Å². The van der Waals surface area contributed by atoms with Crippen LogP contribution >= 0.6 is 0 Å². The van der Waals surface area contributed by atoms with Crippen LogP contribution in [0.4, 0.5) is 13.2 Å². The molecule has 0 bridgehead atoms. The van der Waals surface area contributed by atoms with Gasteiger partial charge in [0, 0.05) is 38.2 Å². The van der Waals surface area contributed by atoms with Crippen molar-refractivity contribution in [2.45, 2.75) is 77.4 Å². The SMILES string of the molecule is Cc1cc(C(=O)N2CCC(O)CC2)cc(C)c1/C=C/[S+]([O-])N1CCC2(CC1)C(=O)NC2c1ccc(F)c(OCCCC(C)(F)F)c1. The van der Waals surface area contributed by atoms with E-state index in [2.05, 4.69) is 5.32 Å². The van der Waals surface area contributed by atoms with Crippen molar-refractivity contribution < 1.29 is 37.2 Å². The fraction of sp³-hybridized carbons (Fsp3) is 0.529. The van der Waals surface area contributed by atoms with E-state index in [-0.39, 0.29) is 49.2 Å². The number of aliphatic hydroxyl groups excluding tert-OH is 1. The molecule has 2 aromatic carbocycles. The smallest absolute Gasteiger partial charge is 0.253 e. The number of nitrogens with one attached hydrogen (secondary N) is 1. The summed E-state index contributed by atoms with van der Waals surface area (Å²) in [4.78, 5) is 27.7. The van der Waals surface area contributed by atoms with Crippen molar-refractivity contribution in [3.05, 3.63) is 69.4 Å². The largest absolute Gasteiger partial charge is 0.593 e. The molecule has 0 aliphatic carbocycles. The van der Waals surface area contributed by atoms with Crippen LogP contribution in [-0.4, -0.2) is 75.5 Å². The Bertz CT molecular complexity index is 1440. The van der Waals surface area contributed by atoms with Gasteiger partial charge in [-0.1, -0.05) is 6.07 Å². The first-order valence-corrected chi connectivity index (χ1v) is 17.0. The fourth-order valence-electron chi connectivity index (χ4n) is 6.65. The molecular weight excluding hydrogens is 619 g/mol. The maximum absolute atomic E-state index is 14.4. The Morgan fingerprint density at radius 1 is 1.15 bits per heavy atom. The van der Waals surface area contributed by atoms with Crippen LogP contribution in [0, 0.1) is 25.1 Å². The van der Waals surface area contributed by atoms with Gasteiger partial charge in [0.25, 0.3) is 5.91 Å². The second kappa shape index (κ2) is 14.0. The molecule has 12 heteroatoms. The Morgan fingerprint density at radius 2 is 1.80 bits per heavy atom. The van der Waals surface area contributed by atoms with Crippen LogP contribution in [0.5, 0.6) is 5.75 Å². The minimum atomic E-state index is -2.81. The van der Waals surface area contributed by atoms with Gasteiger partial charge < -0.3 is 24.6 Å². The molecule has 0 radical (unpaired) electrons. The summed E-state index contributed by atoms with van der Waals surface area (Å²) in [5.74, 6) is -3.60. The second-order valence-corrected chi connectivity index (χ2v) is 14.2. The van der Waals surface area contributed by atoms with Gasteiger partial charge in [-0.3, -0.25) is 9.59 Å². The first-order valence-electron chi connectivity index (χ1n) is 15.8. The summed E-state index contributed by atoms with van der Waals surface area (Å²) in [6.07, 6.45) is 3.26. The molecule has 46 heavy (non-hydrogen) atoms. The van der Waals surface area contributed by atoms with Gasteiger partial charge in [0.15, 0.2) is 11.6 Å². The summed E-state index contributed by atoms with van der Waals surface area (Å²) in [5.41, 5.74) is 3.24. The Morgan fingerprint density at radius 3 is 2.41 bits per heavy atom. The molecule has 8 nitrogen and oxygen atoms in total. The third-order valence-electron chi connectivity index (χ3n) is 9.40. The Hall–Kier alpha value is -3.06. The van der Waals surface area contributed by atoms with E-state index >= 15 is 0 Å². The zero-order chi connectivity index (χ0) is 33.2. The molecule has 0 aromatic heterocycles. The maximum Gasteiger partial charge on any atom is 0.253 e. The number of β-lactam (4-membered cyclic amide) rings is 1. The van der Waals surface area contributed by atoms with E-state index in [1.807, 2.05) is 36.4 Å². The Labute approximate surface area is 271 Å². The highest BCUT2D eigenvalue weighted by molar-refractivity contribution is 7.92. The van der Waals surface area contributed by atoms with Gasteiger partial charge in [0.1, 0.15) is 5.41 Å². The molecule has 3 aliphatic heterocycles. The van der Waals surface area contributed by atoms with Gasteiger partial charge in [-0.2, -0.15) is 0 Å². The van der Waals surface area contributed by atoms with Gasteiger partial charge in [-0.15, -0.1) is 4.31 Å². The molecule has 2 atom stereocenters. The molecule has 3 saturated heterocycles. The van der Waals surface area contributed by atoms with Crippen LogP contribution in [-0.2, 0) is 16.2 Å². The van der Waals surface area contributed by atoms with Gasteiger partial charge in [0.2, 0.25) is 11.8 Å². The van der Waals surface area contributed by atoms with Crippen LogP contribution in [0.25, 0.3) is 6.08 Å². The average Bonchev–Trinajstić information content (AvgIpc) is 3.02. The average molecular weight is 662 g/mol. The molecule has 2 unspecified atom stereocenters. The van der Waals surface area contributed by atoms with Crippen molar-refractivity contribution in [2.75, 3.05) is 32.8 Å². The predicted octanol–water partition coefficient (Wildman–Crippen LogP) is 5.44. The van der Waals surface area contributed by atoms with E-state index in [0.29, 0.717) is 63.0 Å². The number of ether oxygens (including phenoxy) is 1. The molecule has 3 aliphatic rings. The van der Waals surface area contributed by atoms with E-state index in [4.69, 9.17) is 4.74 Å².